The molecule has 1 saturated carbocycles. The van der Waals surface area contributed by atoms with E-state index in [-0.39, 0.29) is 30.8 Å². The molecule has 1 aliphatic carbocycles. The third-order valence-electron chi connectivity index (χ3n) is 7.55. The number of H-pyrrole nitrogens is 1. The lowest BCUT2D eigenvalue weighted by molar-refractivity contribution is 0.0300. The first-order valence-electron chi connectivity index (χ1n) is 12.3. The summed E-state index contributed by atoms with van der Waals surface area (Å²) in [5, 5.41) is 17.5. The van der Waals surface area contributed by atoms with Gasteiger partial charge < -0.3 is 35.3 Å². The highest BCUT2D eigenvalue weighted by atomic mass is 16.5. The second-order valence-electron chi connectivity index (χ2n) is 10.3. The van der Waals surface area contributed by atoms with Crippen molar-refractivity contribution in [1.29, 1.82) is 0 Å². The highest BCUT2D eigenvalue weighted by Crippen LogP contribution is 2.48. The zero-order valence-corrected chi connectivity index (χ0v) is 20.2. The molecule has 9 heteroatoms. The summed E-state index contributed by atoms with van der Waals surface area (Å²) >= 11 is 0. The van der Waals surface area contributed by atoms with Gasteiger partial charge >= 0.3 is 12.1 Å². The number of hydrogen-bond acceptors (Lipinski definition) is 4. The van der Waals surface area contributed by atoms with Crippen LogP contribution in [0, 0.1) is 0 Å². The lowest BCUT2D eigenvalue weighted by Gasteiger charge is -2.56. The topological polar surface area (TPSA) is 110 Å². The van der Waals surface area contributed by atoms with E-state index in [0.29, 0.717) is 19.6 Å². The smallest absolute Gasteiger partial charge is 0.318 e. The molecule has 9 nitrogen and oxygen atoms in total. The van der Waals surface area contributed by atoms with Gasteiger partial charge in [0.2, 0.25) is 0 Å². The number of ether oxygens (including phenoxy) is 1. The second-order valence-corrected chi connectivity index (χ2v) is 10.3. The molecule has 4 N–H and O–H groups in total. The summed E-state index contributed by atoms with van der Waals surface area (Å²) in [6.07, 6.45) is 4.42. The average molecular weight is 470 g/mol. The minimum atomic E-state index is -0.487. The van der Waals surface area contributed by atoms with Crippen LogP contribution in [0.5, 0.6) is 5.75 Å². The summed E-state index contributed by atoms with van der Waals surface area (Å²) in [5.74, 6) is 0.737. The minimum Gasteiger partial charge on any atom is -0.497 e. The van der Waals surface area contributed by atoms with E-state index >= 15 is 0 Å². The quantitative estimate of drug-likeness (QED) is 0.552. The minimum absolute atomic E-state index is 0.0220. The summed E-state index contributed by atoms with van der Waals surface area (Å²) < 4.78 is 5.41. The fourth-order valence-corrected chi connectivity index (χ4v) is 5.97. The molecule has 2 aliphatic heterocycles. The molecule has 1 spiro atoms. The van der Waals surface area contributed by atoms with Crippen molar-refractivity contribution in [1.82, 2.24) is 25.4 Å². The number of methoxy groups -OCH3 is 1. The van der Waals surface area contributed by atoms with E-state index in [0.717, 1.165) is 40.8 Å². The zero-order chi connectivity index (χ0) is 24.0. The van der Waals surface area contributed by atoms with Crippen LogP contribution in [0.4, 0.5) is 9.59 Å². The van der Waals surface area contributed by atoms with Crippen LogP contribution in [0.2, 0.25) is 0 Å². The number of nitrogens with one attached hydrogen (secondary N) is 3. The number of aliphatic hydroxyl groups is 1. The van der Waals surface area contributed by atoms with Crippen LogP contribution in [0.1, 0.15) is 56.8 Å². The van der Waals surface area contributed by atoms with E-state index in [2.05, 4.69) is 15.6 Å². The summed E-state index contributed by atoms with van der Waals surface area (Å²) in [4.78, 5) is 33.1. The standard InChI is InChI=1S/C25H35N5O4/c1-15(2)26-24(33)30-14-25(12-29(13-25)23(32)27-16-6-4-5-7-16)21-18-9-8-17(34-3)10-19(18)28-22(21)20(30)11-31/h8-10,15-16,20,28,31H,4-7,11-14H2,1-3H3,(H,26,33)(H,27,32)/t20-/m0/s1. The molecule has 0 unspecified atom stereocenters. The summed E-state index contributed by atoms with van der Waals surface area (Å²) in [6.45, 7) is 5.15. The van der Waals surface area contributed by atoms with Crippen LogP contribution >= 0.6 is 0 Å². The van der Waals surface area contributed by atoms with Crippen LogP contribution in [0.25, 0.3) is 10.9 Å². The zero-order valence-electron chi connectivity index (χ0n) is 20.2. The van der Waals surface area contributed by atoms with Gasteiger partial charge in [0.1, 0.15) is 5.75 Å². The number of carbonyl (C=O) groups is 2. The van der Waals surface area contributed by atoms with Gasteiger partial charge in [0, 0.05) is 54.4 Å². The molecule has 2 fully saturated rings. The van der Waals surface area contributed by atoms with E-state index in [1.54, 1.807) is 12.0 Å². The van der Waals surface area contributed by atoms with Crippen LogP contribution in [0.15, 0.2) is 18.2 Å². The van der Waals surface area contributed by atoms with Crippen molar-refractivity contribution in [2.75, 3.05) is 33.4 Å². The predicted octanol–water partition coefficient (Wildman–Crippen LogP) is 2.85. The number of nitrogens with zero attached hydrogens (tertiary/aromatic N) is 2. The molecule has 3 heterocycles. The average Bonchev–Trinajstić information content (AvgIpc) is 3.43. The van der Waals surface area contributed by atoms with E-state index in [1.807, 2.05) is 36.9 Å². The second kappa shape index (κ2) is 8.69. The van der Waals surface area contributed by atoms with Crippen LogP contribution in [-0.2, 0) is 5.41 Å². The molecule has 1 aromatic carbocycles. The highest BCUT2D eigenvalue weighted by molar-refractivity contribution is 5.89. The molecular formula is C25H35N5O4. The lowest BCUT2D eigenvalue weighted by atomic mass is 9.69. The molecular weight excluding hydrogens is 434 g/mol. The Morgan fingerprint density at radius 2 is 1.94 bits per heavy atom. The molecule has 2 aromatic rings. The summed E-state index contributed by atoms with van der Waals surface area (Å²) in [5.41, 5.74) is 2.45. The highest BCUT2D eigenvalue weighted by Gasteiger charge is 2.55. The van der Waals surface area contributed by atoms with Gasteiger partial charge in [-0.1, -0.05) is 12.8 Å². The number of likely N-dealkylation sites (tertiary alicyclic amines) is 1. The number of amides is 4. The molecule has 34 heavy (non-hydrogen) atoms. The Morgan fingerprint density at radius 1 is 1.21 bits per heavy atom. The van der Waals surface area contributed by atoms with Crippen molar-refractivity contribution >= 4 is 23.0 Å². The normalized spacial score (nSPS) is 21.6. The van der Waals surface area contributed by atoms with E-state index in [1.165, 1.54) is 12.8 Å². The number of fused-ring (bicyclic) bond motifs is 4. The molecule has 5 rings (SSSR count). The number of aliphatic hydroxyl groups excluding tert-OH is 1. The van der Waals surface area contributed by atoms with Gasteiger partial charge in [0.25, 0.3) is 0 Å². The van der Waals surface area contributed by atoms with Gasteiger partial charge in [-0.05, 0) is 44.4 Å². The van der Waals surface area contributed by atoms with Crippen LogP contribution in [-0.4, -0.2) is 77.4 Å². The van der Waals surface area contributed by atoms with Crippen molar-refractivity contribution in [3.63, 3.8) is 0 Å². The number of urea groups is 2. The molecule has 1 saturated heterocycles. The van der Waals surface area contributed by atoms with Gasteiger partial charge in [-0.15, -0.1) is 0 Å². The van der Waals surface area contributed by atoms with Crippen molar-refractivity contribution in [3.05, 3.63) is 29.5 Å². The number of hydrogen-bond donors (Lipinski definition) is 4. The number of benzene rings is 1. The third kappa shape index (κ3) is 3.76. The number of carbonyl (C=O) groups excluding carboxylic acids is 2. The molecule has 1 aromatic heterocycles. The molecule has 0 bridgehead atoms. The van der Waals surface area contributed by atoms with Gasteiger partial charge in [-0.2, -0.15) is 0 Å². The number of aromatic nitrogens is 1. The van der Waals surface area contributed by atoms with Gasteiger partial charge in [0.05, 0.1) is 25.2 Å². The summed E-state index contributed by atoms with van der Waals surface area (Å²) in [7, 11) is 1.63. The van der Waals surface area contributed by atoms with Crippen molar-refractivity contribution in [2.45, 2.75) is 63.1 Å². The summed E-state index contributed by atoms with van der Waals surface area (Å²) in [6, 6.07) is 5.43. The van der Waals surface area contributed by atoms with Gasteiger partial charge in [-0.25, -0.2) is 9.59 Å². The number of aromatic amines is 1. The van der Waals surface area contributed by atoms with E-state index in [4.69, 9.17) is 4.74 Å². The fraction of sp³-hybridized carbons (Fsp3) is 0.600. The van der Waals surface area contributed by atoms with Crippen LogP contribution < -0.4 is 15.4 Å². The Labute approximate surface area is 199 Å². The molecule has 3 aliphatic rings. The Morgan fingerprint density at radius 3 is 2.59 bits per heavy atom. The van der Waals surface area contributed by atoms with Crippen molar-refractivity contribution in [3.8, 4) is 5.75 Å². The maximum atomic E-state index is 13.2. The van der Waals surface area contributed by atoms with Gasteiger partial charge in [-0.3, -0.25) is 0 Å². The third-order valence-corrected chi connectivity index (χ3v) is 7.55. The maximum absolute atomic E-state index is 13.2. The Bertz CT molecular complexity index is 1080. The molecule has 4 amide bonds. The van der Waals surface area contributed by atoms with Crippen molar-refractivity contribution < 1.29 is 19.4 Å². The first kappa shape index (κ1) is 22.8. The van der Waals surface area contributed by atoms with E-state index in [9.17, 15) is 14.7 Å². The molecule has 184 valence electrons. The number of rotatable bonds is 4. The lowest BCUT2D eigenvalue weighted by Crippen LogP contribution is -2.70. The first-order valence-corrected chi connectivity index (χ1v) is 12.3. The van der Waals surface area contributed by atoms with Gasteiger partial charge in [0.15, 0.2) is 0 Å². The Kier molecular flexibility index (Phi) is 5.83. The fourth-order valence-electron chi connectivity index (χ4n) is 5.97. The maximum Gasteiger partial charge on any atom is 0.318 e. The monoisotopic (exact) mass is 469 g/mol. The Hall–Kier alpha value is -2.94. The van der Waals surface area contributed by atoms with E-state index < -0.39 is 11.5 Å². The first-order chi connectivity index (χ1) is 16.3. The predicted molar refractivity (Wildman–Crippen MR) is 129 cm³/mol. The van der Waals surface area contributed by atoms with Crippen molar-refractivity contribution in [2.24, 2.45) is 0 Å². The van der Waals surface area contributed by atoms with Crippen LogP contribution in [0.3, 0.4) is 0 Å². The molecule has 1 atom stereocenters. The SMILES string of the molecule is COc1ccc2c3c([nH]c2c1)[C@H](CO)N(C(=O)NC(C)C)CC31CN(C(=O)NC2CCCC2)C1. The largest absolute Gasteiger partial charge is 0.497 e. The Balaban J connectivity index is 1.50. The molecule has 0 radical (unpaired) electrons.